The zero-order valence-electron chi connectivity index (χ0n) is 15.9. The molecule has 7 nitrogen and oxygen atoms in total. The van der Waals surface area contributed by atoms with Gasteiger partial charge in [0.2, 0.25) is 5.91 Å². The first-order valence-electron chi connectivity index (χ1n) is 9.65. The van der Waals surface area contributed by atoms with Crippen molar-refractivity contribution in [2.75, 3.05) is 18.5 Å². The van der Waals surface area contributed by atoms with Gasteiger partial charge < -0.3 is 15.4 Å². The van der Waals surface area contributed by atoms with Crippen LogP contribution < -0.4 is 15.4 Å². The maximum Gasteiger partial charge on any atom is 0.325 e. The number of hydrogen-bond acceptors (Lipinski definition) is 4. The summed E-state index contributed by atoms with van der Waals surface area (Å²) in [7, 11) is 0. The second-order valence-corrected chi connectivity index (χ2v) is 7.23. The second kappa shape index (κ2) is 7.98. The SMILES string of the molecule is CCOc1ccccc1NC(=O)CN1C(=O)NC2(CCC(CC)CC2)C1=O. The van der Waals surface area contributed by atoms with Gasteiger partial charge in [0.1, 0.15) is 17.8 Å². The molecule has 1 heterocycles. The van der Waals surface area contributed by atoms with Crippen LogP contribution in [0.1, 0.15) is 46.0 Å². The third-order valence-electron chi connectivity index (χ3n) is 5.54. The Hall–Kier alpha value is -2.57. The second-order valence-electron chi connectivity index (χ2n) is 7.23. The van der Waals surface area contributed by atoms with Gasteiger partial charge in [-0.2, -0.15) is 0 Å². The minimum atomic E-state index is -0.827. The van der Waals surface area contributed by atoms with Crippen LogP contribution >= 0.6 is 0 Å². The normalized spacial score (nSPS) is 24.8. The largest absolute Gasteiger partial charge is 0.492 e. The zero-order valence-corrected chi connectivity index (χ0v) is 15.9. The Labute approximate surface area is 159 Å². The van der Waals surface area contributed by atoms with E-state index in [4.69, 9.17) is 4.74 Å². The van der Waals surface area contributed by atoms with Crippen molar-refractivity contribution in [3.63, 3.8) is 0 Å². The molecule has 1 aromatic carbocycles. The summed E-state index contributed by atoms with van der Waals surface area (Å²) < 4.78 is 5.49. The highest BCUT2D eigenvalue weighted by Crippen LogP contribution is 2.37. The fourth-order valence-corrected chi connectivity index (χ4v) is 3.92. The van der Waals surface area contributed by atoms with E-state index < -0.39 is 17.5 Å². The third-order valence-corrected chi connectivity index (χ3v) is 5.54. The van der Waals surface area contributed by atoms with Gasteiger partial charge in [0.25, 0.3) is 5.91 Å². The number of hydrogen-bond donors (Lipinski definition) is 2. The lowest BCUT2D eigenvalue weighted by atomic mass is 9.75. The highest BCUT2D eigenvalue weighted by Gasteiger charge is 2.52. The molecule has 0 bridgehead atoms. The Bertz CT molecular complexity index is 726. The molecule has 1 aromatic rings. The molecule has 0 aromatic heterocycles. The summed E-state index contributed by atoms with van der Waals surface area (Å²) >= 11 is 0. The van der Waals surface area contributed by atoms with Crippen molar-refractivity contribution in [1.82, 2.24) is 10.2 Å². The number of urea groups is 1. The minimum absolute atomic E-state index is 0.282. The molecular weight excluding hydrogens is 346 g/mol. The number of imide groups is 1. The van der Waals surface area contributed by atoms with Crippen LogP contribution in [0.25, 0.3) is 0 Å². The van der Waals surface area contributed by atoms with Gasteiger partial charge in [-0.3, -0.25) is 14.5 Å². The van der Waals surface area contributed by atoms with E-state index in [1.54, 1.807) is 18.2 Å². The fraction of sp³-hybridized carbons (Fsp3) is 0.550. The van der Waals surface area contributed by atoms with E-state index in [1.165, 1.54) is 0 Å². The van der Waals surface area contributed by atoms with Crippen LogP contribution in [0.3, 0.4) is 0 Å². The summed E-state index contributed by atoms with van der Waals surface area (Å²) in [6.45, 7) is 4.18. The highest BCUT2D eigenvalue weighted by molar-refractivity contribution is 6.10. The number of rotatable bonds is 6. The molecule has 1 aliphatic carbocycles. The van der Waals surface area contributed by atoms with Crippen molar-refractivity contribution in [1.29, 1.82) is 0 Å². The summed E-state index contributed by atoms with van der Waals surface area (Å²) in [4.78, 5) is 38.7. The Morgan fingerprint density at radius 2 is 1.96 bits per heavy atom. The fourth-order valence-electron chi connectivity index (χ4n) is 3.92. The van der Waals surface area contributed by atoms with Crippen molar-refractivity contribution in [3.8, 4) is 5.75 Å². The van der Waals surface area contributed by atoms with E-state index in [0.717, 1.165) is 24.2 Å². The minimum Gasteiger partial charge on any atom is -0.492 e. The summed E-state index contributed by atoms with van der Waals surface area (Å²) in [5.74, 6) is 0.452. The summed E-state index contributed by atoms with van der Waals surface area (Å²) in [5.41, 5.74) is -0.304. The topological polar surface area (TPSA) is 87.7 Å². The maximum absolute atomic E-state index is 12.9. The lowest BCUT2D eigenvalue weighted by molar-refractivity contribution is -0.135. The van der Waals surface area contributed by atoms with E-state index in [2.05, 4.69) is 17.6 Å². The lowest BCUT2D eigenvalue weighted by Crippen LogP contribution is -2.49. The molecule has 2 N–H and O–H groups in total. The first-order valence-corrected chi connectivity index (χ1v) is 9.65. The quantitative estimate of drug-likeness (QED) is 0.751. The standard InChI is InChI=1S/C20H27N3O4/c1-3-14-9-11-20(12-10-14)18(25)23(19(26)22-20)13-17(24)21-15-7-5-6-8-16(15)27-4-2/h5-8,14H,3-4,9-13H2,1-2H3,(H,21,24)(H,22,26). The van der Waals surface area contributed by atoms with Gasteiger partial charge >= 0.3 is 6.03 Å². The highest BCUT2D eigenvalue weighted by atomic mass is 16.5. The zero-order chi connectivity index (χ0) is 19.4. The van der Waals surface area contributed by atoms with Crippen LogP contribution in [-0.4, -0.2) is 41.4 Å². The van der Waals surface area contributed by atoms with Crippen LogP contribution in [0.5, 0.6) is 5.75 Å². The number of amides is 4. The van der Waals surface area contributed by atoms with Crippen molar-refractivity contribution >= 4 is 23.5 Å². The molecule has 2 fully saturated rings. The first kappa shape index (κ1) is 19.2. The molecule has 0 atom stereocenters. The van der Waals surface area contributed by atoms with Gasteiger partial charge in [0.05, 0.1) is 12.3 Å². The van der Waals surface area contributed by atoms with E-state index >= 15 is 0 Å². The summed E-state index contributed by atoms with van der Waals surface area (Å²) in [6, 6.07) is 6.60. The molecule has 7 heteroatoms. The Morgan fingerprint density at radius 1 is 1.26 bits per heavy atom. The van der Waals surface area contributed by atoms with Crippen LogP contribution in [0.4, 0.5) is 10.5 Å². The number of nitrogens with one attached hydrogen (secondary N) is 2. The first-order chi connectivity index (χ1) is 13.0. The van der Waals surface area contributed by atoms with E-state index in [-0.39, 0.29) is 12.5 Å². The van der Waals surface area contributed by atoms with Crippen molar-refractivity contribution in [2.45, 2.75) is 51.5 Å². The molecule has 1 saturated carbocycles. The van der Waals surface area contributed by atoms with Crippen LogP contribution in [0.15, 0.2) is 24.3 Å². The van der Waals surface area contributed by atoms with E-state index in [9.17, 15) is 14.4 Å². The molecule has 2 aliphatic rings. The molecule has 0 unspecified atom stereocenters. The number of para-hydroxylation sites is 2. The third kappa shape index (κ3) is 3.91. The molecule has 1 aliphatic heterocycles. The molecule has 3 rings (SSSR count). The molecule has 1 saturated heterocycles. The molecule has 27 heavy (non-hydrogen) atoms. The van der Waals surface area contributed by atoms with E-state index in [0.29, 0.717) is 36.8 Å². The number of carbonyl (C=O) groups excluding carboxylic acids is 3. The number of anilines is 1. The summed E-state index contributed by atoms with van der Waals surface area (Å²) in [5, 5.41) is 5.58. The number of carbonyl (C=O) groups is 3. The van der Waals surface area contributed by atoms with Gasteiger partial charge in [-0.25, -0.2) is 4.79 Å². The molecule has 146 valence electrons. The monoisotopic (exact) mass is 373 g/mol. The molecule has 0 radical (unpaired) electrons. The van der Waals surface area contributed by atoms with Gasteiger partial charge in [-0.1, -0.05) is 25.5 Å². The average Bonchev–Trinajstić information content (AvgIpc) is 2.88. The van der Waals surface area contributed by atoms with E-state index in [1.807, 2.05) is 13.0 Å². The van der Waals surface area contributed by atoms with Crippen molar-refractivity contribution in [2.24, 2.45) is 5.92 Å². The van der Waals surface area contributed by atoms with Crippen molar-refractivity contribution < 1.29 is 19.1 Å². The smallest absolute Gasteiger partial charge is 0.325 e. The van der Waals surface area contributed by atoms with Crippen LogP contribution in [-0.2, 0) is 9.59 Å². The maximum atomic E-state index is 12.9. The van der Waals surface area contributed by atoms with Gasteiger partial charge in [-0.15, -0.1) is 0 Å². The number of nitrogens with zero attached hydrogens (tertiary/aromatic N) is 1. The Morgan fingerprint density at radius 3 is 2.63 bits per heavy atom. The predicted octanol–water partition coefficient (Wildman–Crippen LogP) is 2.91. The molecule has 4 amide bonds. The van der Waals surface area contributed by atoms with Gasteiger partial charge in [-0.05, 0) is 50.7 Å². The Balaban J connectivity index is 1.65. The predicted molar refractivity (Wildman–Crippen MR) is 101 cm³/mol. The number of benzene rings is 1. The van der Waals surface area contributed by atoms with Crippen LogP contribution in [0.2, 0.25) is 0 Å². The van der Waals surface area contributed by atoms with Crippen LogP contribution in [0, 0.1) is 5.92 Å². The lowest BCUT2D eigenvalue weighted by Gasteiger charge is -2.34. The number of ether oxygens (including phenoxy) is 1. The average molecular weight is 373 g/mol. The Kier molecular flexibility index (Phi) is 5.68. The van der Waals surface area contributed by atoms with Crippen molar-refractivity contribution in [3.05, 3.63) is 24.3 Å². The van der Waals surface area contributed by atoms with Gasteiger partial charge in [0.15, 0.2) is 0 Å². The summed E-state index contributed by atoms with van der Waals surface area (Å²) in [6.07, 6.45) is 4.21. The molecular formula is C20H27N3O4. The van der Waals surface area contributed by atoms with Gasteiger partial charge in [0, 0.05) is 0 Å². The molecule has 1 spiro atoms.